The molecule has 1 aliphatic heterocycles. The van der Waals surface area contributed by atoms with E-state index >= 15 is 0 Å². The van der Waals surface area contributed by atoms with E-state index in [9.17, 15) is 0 Å². The highest BCUT2D eigenvalue weighted by Crippen LogP contribution is 2.18. The maximum atomic E-state index is 5.16. The van der Waals surface area contributed by atoms with Gasteiger partial charge in [0.1, 0.15) is 5.76 Å². The first-order valence-electron chi connectivity index (χ1n) is 5.58. The number of nitrogens with one attached hydrogen (secondary N) is 1. The number of aryl methyl sites for hydroxylation is 2. The van der Waals surface area contributed by atoms with Crippen molar-refractivity contribution >= 4 is 23.5 Å². The zero-order valence-electron chi connectivity index (χ0n) is 9.78. The Balaban J connectivity index is 1.86. The lowest BCUT2D eigenvalue weighted by Gasteiger charge is -2.14. The molecule has 0 unspecified atom stereocenters. The molecule has 1 fully saturated rings. The van der Waals surface area contributed by atoms with Crippen molar-refractivity contribution in [1.29, 1.82) is 0 Å². The molecule has 0 aromatic carbocycles. The predicted molar refractivity (Wildman–Crippen MR) is 71.3 cm³/mol. The van der Waals surface area contributed by atoms with Gasteiger partial charge in [0.05, 0.1) is 5.69 Å². The molecule has 0 atom stereocenters. The van der Waals surface area contributed by atoms with Crippen LogP contribution in [0.1, 0.15) is 17.0 Å². The Morgan fingerprint density at radius 3 is 2.56 bits per heavy atom. The van der Waals surface area contributed by atoms with Crippen LogP contribution in [0.2, 0.25) is 0 Å². The molecular weight excluding hydrogens is 240 g/mol. The van der Waals surface area contributed by atoms with E-state index in [4.69, 9.17) is 4.52 Å². The Kier molecular flexibility index (Phi) is 4.61. The lowest BCUT2D eigenvalue weighted by Crippen LogP contribution is -2.32. The first-order valence-corrected chi connectivity index (χ1v) is 7.89. The number of aromatic nitrogens is 1. The first kappa shape index (κ1) is 12.3. The Morgan fingerprint density at radius 1 is 1.31 bits per heavy atom. The topological polar surface area (TPSA) is 38.1 Å². The smallest absolute Gasteiger partial charge is 0.138 e. The number of rotatable bonds is 3. The molecule has 2 heterocycles. The molecule has 0 aliphatic carbocycles. The van der Waals surface area contributed by atoms with Gasteiger partial charge >= 0.3 is 0 Å². The van der Waals surface area contributed by atoms with Crippen molar-refractivity contribution in [3.8, 4) is 0 Å². The van der Waals surface area contributed by atoms with E-state index in [-0.39, 0.29) is 0 Å². The fourth-order valence-corrected chi connectivity index (χ4v) is 4.20. The van der Waals surface area contributed by atoms with Crippen molar-refractivity contribution in [3.63, 3.8) is 0 Å². The zero-order valence-corrected chi connectivity index (χ0v) is 11.4. The van der Waals surface area contributed by atoms with Crippen molar-refractivity contribution in [2.24, 2.45) is 0 Å². The number of nitrogens with zero attached hydrogens (tertiary/aromatic N) is 1. The number of hydrogen-bond acceptors (Lipinski definition) is 5. The van der Waals surface area contributed by atoms with Crippen LogP contribution < -0.4 is 5.32 Å². The van der Waals surface area contributed by atoms with Gasteiger partial charge in [-0.1, -0.05) is 5.16 Å². The summed E-state index contributed by atoms with van der Waals surface area (Å²) in [7, 11) is 0. The van der Waals surface area contributed by atoms with Gasteiger partial charge < -0.3 is 9.84 Å². The van der Waals surface area contributed by atoms with Crippen molar-refractivity contribution in [3.05, 3.63) is 17.0 Å². The molecule has 0 bridgehead atoms. The minimum Gasteiger partial charge on any atom is -0.361 e. The summed E-state index contributed by atoms with van der Waals surface area (Å²) in [4.78, 5) is 0. The molecule has 0 spiro atoms. The summed E-state index contributed by atoms with van der Waals surface area (Å²) in [6, 6.07) is 0.617. The van der Waals surface area contributed by atoms with Crippen LogP contribution in [0, 0.1) is 13.8 Å². The van der Waals surface area contributed by atoms with Crippen LogP contribution in [-0.2, 0) is 6.54 Å². The summed E-state index contributed by atoms with van der Waals surface area (Å²) in [6.45, 7) is 4.87. The normalized spacial score (nSPS) is 18.6. The minimum absolute atomic E-state index is 0.617. The fraction of sp³-hybridized carbons (Fsp3) is 0.727. The second kappa shape index (κ2) is 5.98. The molecule has 3 nitrogen and oxygen atoms in total. The summed E-state index contributed by atoms with van der Waals surface area (Å²) in [5, 5.41) is 7.58. The van der Waals surface area contributed by atoms with Gasteiger partial charge in [0.25, 0.3) is 0 Å². The molecule has 16 heavy (non-hydrogen) atoms. The first-order chi connectivity index (χ1) is 7.77. The van der Waals surface area contributed by atoms with Crippen molar-refractivity contribution < 1.29 is 4.52 Å². The summed E-state index contributed by atoms with van der Waals surface area (Å²) >= 11 is 4.09. The molecule has 0 saturated carbocycles. The molecule has 1 aliphatic rings. The zero-order chi connectivity index (χ0) is 11.4. The Morgan fingerprint density at radius 2 is 2.00 bits per heavy atom. The van der Waals surface area contributed by atoms with Crippen LogP contribution in [-0.4, -0.2) is 34.2 Å². The average Bonchev–Trinajstić information content (AvgIpc) is 2.51. The minimum atomic E-state index is 0.617. The van der Waals surface area contributed by atoms with Crippen LogP contribution in [0.4, 0.5) is 0 Å². The van der Waals surface area contributed by atoms with Crippen molar-refractivity contribution in [1.82, 2.24) is 10.5 Å². The summed E-state index contributed by atoms with van der Waals surface area (Å²) in [5.41, 5.74) is 2.23. The highest BCUT2D eigenvalue weighted by atomic mass is 32.2. The van der Waals surface area contributed by atoms with Gasteiger partial charge in [0, 0.05) is 41.2 Å². The molecule has 2 rings (SSSR count). The molecule has 0 radical (unpaired) electrons. The average molecular weight is 258 g/mol. The Hall–Kier alpha value is -0.130. The van der Waals surface area contributed by atoms with Gasteiger partial charge in [0.15, 0.2) is 0 Å². The lowest BCUT2D eigenvalue weighted by atomic mass is 10.2. The van der Waals surface area contributed by atoms with E-state index in [0.29, 0.717) is 6.04 Å². The third-order valence-corrected chi connectivity index (χ3v) is 5.28. The monoisotopic (exact) mass is 258 g/mol. The molecule has 1 aromatic rings. The third-order valence-electron chi connectivity index (χ3n) is 2.76. The largest absolute Gasteiger partial charge is 0.361 e. The molecule has 1 aromatic heterocycles. The lowest BCUT2D eigenvalue weighted by molar-refractivity contribution is 0.391. The molecule has 0 amide bonds. The Labute approximate surface area is 105 Å². The van der Waals surface area contributed by atoms with E-state index in [1.54, 1.807) is 0 Å². The second-order valence-electron chi connectivity index (χ2n) is 4.03. The maximum absolute atomic E-state index is 5.16. The molecular formula is C11H18N2OS2. The molecule has 1 saturated heterocycles. The van der Waals surface area contributed by atoms with Crippen LogP contribution in [0.25, 0.3) is 0 Å². The SMILES string of the molecule is Cc1noc(C)c1CNC1CSCCSC1. The van der Waals surface area contributed by atoms with Gasteiger partial charge in [0.2, 0.25) is 0 Å². The Bertz CT molecular complexity index is 313. The summed E-state index contributed by atoms with van der Waals surface area (Å²) in [6.07, 6.45) is 0. The maximum Gasteiger partial charge on any atom is 0.138 e. The number of thioether (sulfide) groups is 2. The van der Waals surface area contributed by atoms with Crippen LogP contribution in [0.3, 0.4) is 0 Å². The van der Waals surface area contributed by atoms with Gasteiger partial charge in [-0.3, -0.25) is 0 Å². The van der Waals surface area contributed by atoms with Gasteiger partial charge in [-0.2, -0.15) is 23.5 Å². The molecule has 5 heteroatoms. The van der Waals surface area contributed by atoms with Gasteiger partial charge in [-0.05, 0) is 13.8 Å². The van der Waals surface area contributed by atoms with E-state index in [2.05, 4.69) is 10.5 Å². The van der Waals surface area contributed by atoms with E-state index in [1.165, 1.54) is 28.6 Å². The van der Waals surface area contributed by atoms with E-state index < -0.39 is 0 Å². The highest BCUT2D eigenvalue weighted by molar-refractivity contribution is 8.03. The summed E-state index contributed by atoms with van der Waals surface area (Å²) < 4.78 is 5.16. The summed E-state index contributed by atoms with van der Waals surface area (Å²) in [5.74, 6) is 5.95. The second-order valence-corrected chi connectivity index (χ2v) is 6.33. The van der Waals surface area contributed by atoms with E-state index in [1.807, 2.05) is 37.4 Å². The quantitative estimate of drug-likeness (QED) is 0.900. The number of hydrogen-bond donors (Lipinski definition) is 1. The fourth-order valence-electron chi connectivity index (χ4n) is 1.74. The molecule has 1 N–H and O–H groups in total. The highest BCUT2D eigenvalue weighted by Gasteiger charge is 2.14. The molecule has 90 valence electrons. The van der Waals surface area contributed by atoms with Gasteiger partial charge in [-0.25, -0.2) is 0 Å². The van der Waals surface area contributed by atoms with Crippen LogP contribution in [0.5, 0.6) is 0 Å². The van der Waals surface area contributed by atoms with Gasteiger partial charge in [-0.15, -0.1) is 0 Å². The van der Waals surface area contributed by atoms with E-state index in [0.717, 1.165) is 18.0 Å². The van der Waals surface area contributed by atoms with Crippen LogP contribution in [0.15, 0.2) is 4.52 Å². The van der Waals surface area contributed by atoms with Crippen molar-refractivity contribution in [2.75, 3.05) is 23.0 Å². The van der Waals surface area contributed by atoms with Crippen LogP contribution >= 0.6 is 23.5 Å². The third kappa shape index (κ3) is 3.18. The standard InChI is InChI=1S/C11H18N2OS2/c1-8-11(9(2)14-13-8)5-12-10-6-15-3-4-16-7-10/h10,12H,3-7H2,1-2H3. The van der Waals surface area contributed by atoms with Crippen molar-refractivity contribution in [2.45, 2.75) is 26.4 Å². The predicted octanol–water partition coefficient (Wildman–Crippen LogP) is 2.23.